The summed E-state index contributed by atoms with van der Waals surface area (Å²) >= 11 is 0. The molecule has 2 heterocycles. The van der Waals surface area contributed by atoms with E-state index in [2.05, 4.69) is 30.9 Å². The molecule has 1 atom stereocenters. The summed E-state index contributed by atoms with van der Waals surface area (Å²) in [6.45, 7) is 0.937. The van der Waals surface area contributed by atoms with E-state index in [1.165, 1.54) is 0 Å². The number of nitriles is 1. The van der Waals surface area contributed by atoms with Gasteiger partial charge in [0, 0.05) is 38.1 Å². The number of nitrogens with zero attached hydrogens (tertiary/aromatic N) is 5. The molecular formula is C30H32N8O2. The lowest BCUT2D eigenvalue weighted by Gasteiger charge is -2.39. The highest BCUT2D eigenvalue weighted by Gasteiger charge is 2.42. The van der Waals surface area contributed by atoms with Crippen molar-refractivity contribution in [2.24, 2.45) is 0 Å². The third kappa shape index (κ3) is 5.94. The molecule has 3 N–H and O–H groups in total. The molecule has 0 saturated heterocycles. The van der Waals surface area contributed by atoms with Crippen molar-refractivity contribution < 1.29 is 9.59 Å². The van der Waals surface area contributed by atoms with Gasteiger partial charge in [-0.1, -0.05) is 61.7 Å². The predicted octanol–water partition coefficient (Wildman–Crippen LogP) is 3.60. The highest BCUT2D eigenvalue weighted by molar-refractivity contribution is 5.95. The van der Waals surface area contributed by atoms with Crippen LogP contribution in [0.5, 0.6) is 0 Å². The van der Waals surface area contributed by atoms with Crippen LogP contribution in [-0.2, 0) is 16.9 Å². The van der Waals surface area contributed by atoms with E-state index in [0.717, 1.165) is 30.4 Å². The van der Waals surface area contributed by atoms with Gasteiger partial charge in [-0.15, -0.1) is 0 Å². The largest absolute Gasteiger partial charge is 0.352 e. The van der Waals surface area contributed by atoms with Crippen molar-refractivity contribution in [1.29, 1.82) is 5.26 Å². The fourth-order valence-corrected chi connectivity index (χ4v) is 5.41. The molecule has 2 aromatic heterocycles. The summed E-state index contributed by atoms with van der Waals surface area (Å²) in [5.41, 5.74) is 0.600. The summed E-state index contributed by atoms with van der Waals surface area (Å²) in [6.07, 6.45) is 16.9. The first-order valence-corrected chi connectivity index (χ1v) is 13.5. The SMILES string of the molecule is N#Cc1nccc(C2(NC(=O)NC3(C(=O)NCCn4ccnc4)C=CC(c4ccccc4)=CC3)CCCCC2)n1. The zero-order valence-electron chi connectivity index (χ0n) is 22.2. The number of carbonyl (C=O) groups is 2. The maximum Gasteiger partial charge on any atom is 0.316 e. The Hall–Kier alpha value is -4.78. The van der Waals surface area contributed by atoms with E-state index in [1.807, 2.05) is 59.3 Å². The van der Waals surface area contributed by atoms with Gasteiger partial charge in [0.05, 0.1) is 17.6 Å². The molecule has 3 aromatic rings. The minimum absolute atomic E-state index is 0.0622. The molecule has 1 unspecified atom stereocenters. The van der Waals surface area contributed by atoms with Crippen LogP contribution < -0.4 is 16.0 Å². The maximum absolute atomic E-state index is 13.7. The smallest absolute Gasteiger partial charge is 0.316 e. The Balaban J connectivity index is 1.37. The van der Waals surface area contributed by atoms with Crippen LogP contribution >= 0.6 is 0 Å². The second-order valence-corrected chi connectivity index (χ2v) is 10.2. The summed E-state index contributed by atoms with van der Waals surface area (Å²) in [7, 11) is 0. The Bertz CT molecular complexity index is 1440. The number of nitrogens with one attached hydrogen (secondary N) is 3. The van der Waals surface area contributed by atoms with Crippen LogP contribution in [0.25, 0.3) is 5.57 Å². The molecule has 2 aliphatic carbocycles. The van der Waals surface area contributed by atoms with Gasteiger partial charge in [-0.2, -0.15) is 5.26 Å². The van der Waals surface area contributed by atoms with Gasteiger partial charge in [-0.3, -0.25) is 4.79 Å². The predicted molar refractivity (Wildman–Crippen MR) is 149 cm³/mol. The lowest BCUT2D eigenvalue weighted by Crippen LogP contribution is -2.62. The minimum atomic E-state index is -1.28. The number of hydrogen-bond donors (Lipinski definition) is 3. The van der Waals surface area contributed by atoms with Crippen LogP contribution in [0.2, 0.25) is 0 Å². The van der Waals surface area contributed by atoms with E-state index < -0.39 is 17.1 Å². The van der Waals surface area contributed by atoms with Crippen molar-refractivity contribution in [1.82, 2.24) is 35.5 Å². The molecule has 10 nitrogen and oxygen atoms in total. The van der Waals surface area contributed by atoms with E-state index in [-0.39, 0.29) is 18.2 Å². The van der Waals surface area contributed by atoms with E-state index in [0.29, 0.717) is 31.6 Å². The van der Waals surface area contributed by atoms with E-state index in [4.69, 9.17) is 0 Å². The molecule has 0 aliphatic heterocycles. The lowest BCUT2D eigenvalue weighted by atomic mass is 9.79. The number of amides is 3. The second kappa shape index (κ2) is 11.9. The second-order valence-electron chi connectivity index (χ2n) is 10.2. The van der Waals surface area contributed by atoms with Crippen LogP contribution in [-0.4, -0.2) is 43.5 Å². The van der Waals surface area contributed by atoms with Gasteiger partial charge in [-0.25, -0.2) is 19.7 Å². The first-order chi connectivity index (χ1) is 19.5. The molecule has 0 radical (unpaired) electrons. The quantitative estimate of drug-likeness (QED) is 0.402. The van der Waals surface area contributed by atoms with Crippen molar-refractivity contribution in [3.63, 3.8) is 0 Å². The molecule has 40 heavy (non-hydrogen) atoms. The number of urea groups is 1. The zero-order chi connectivity index (χ0) is 27.8. The van der Waals surface area contributed by atoms with Gasteiger partial charge in [0.1, 0.15) is 11.6 Å². The fraction of sp³-hybridized carbons (Fsp3) is 0.333. The van der Waals surface area contributed by atoms with Crippen molar-refractivity contribution in [2.75, 3.05) is 6.54 Å². The summed E-state index contributed by atoms with van der Waals surface area (Å²) in [5, 5.41) is 18.5. The fourth-order valence-electron chi connectivity index (χ4n) is 5.41. The van der Waals surface area contributed by atoms with E-state index in [1.54, 1.807) is 30.9 Å². The number of carbonyl (C=O) groups excluding carboxylic acids is 2. The summed E-state index contributed by atoms with van der Waals surface area (Å²) in [6, 6.07) is 13.2. The molecule has 5 rings (SSSR count). The van der Waals surface area contributed by atoms with Crippen molar-refractivity contribution >= 4 is 17.5 Å². The first-order valence-electron chi connectivity index (χ1n) is 13.5. The molecule has 0 bridgehead atoms. The Kier molecular flexibility index (Phi) is 8.01. The number of aromatic nitrogens is 4. The summed E-state index contributed by atoms with van der Waals surface area (Å²) in [5.74, 6) is -0.235. The average molecular weight is 537 g/mol. The monoisotopic (exact) mass is 536 g/mol. The topological polar surface area (TPSA) is 138 Å². The first kappa shape index (κ1) is 26.8. The van der Waals surface area contributed by atoms with Crippen molar-refractivity contribution in [2.45, 2.75) is 56.1 Å². The van der Waals surface area contributed by atoms with Gasteiger partial charge in [-0.05, 0) is 36.1 Å². The van der Waals surface area contributed by atoms with Crippen LogP contribution in [0.3, 0.4) is 0 Å². The van der Waals surface area contributed by atoms with Gasteiger partial charge in [0.15, 0.2) is 0 Å². The maximum atomic E-state index is 13.7. The normalized spacial score (nSPS) is 19.6. The van der Waals surface area contributed by atoms with E-state index >= 15 is 0 Å². The molecule has 0 spiro atoms. The number of benzene rings is 1. The molecule has 10 heteroatoms. The number of hydrogen-bond acceptors (Lipinski definition) is 6. The Labute approximate surface area is 233 Å². The van der Waals surface area contributed by atoms with Crippen molar-refractivity contribution in [3.05, 3.63) is 96.6 Å². The number of imidazole rings is 1. The standard InChI is InChI=1S/C30H32N8O2/c31-21-26-33-16-11-25(35-26)29(12-5-2-6-13-29)36-28(40)37-30(27(39)34-18-20-38-19-17-32-22-38)14-9-24(10-15-30)23-7-3-1-4-8-23/h1,3-4,7-11,14,16-17,19,22H,2,5-6,12-13,15,18,20H2,(H,34,39)(H2,36,37,40). The molecule has 1 fully saturated rings. The average Bonchev–Trinajstić information content (AvgIpc) is 3.52. The third-order valence-corrected chi connectivity index (χ3v) is 7.56. The lowest BCUT2D eigenvalue weighted by molar-refractivity contribution is -0.125. The van der Waals surface area contributed by atoms with Gasteiger partial charge < -0.3 is 20.5 Å². The number of rotatable bonds is 8. The number of allylic oxidation sites excluding steroid dienone is 2. The highest BCUT2D eigenvalue weighted by atomic mass is 16.2. The van der Waals surface area contributed by atoms with Crippen LogP contribution in [0.4, 0.5) is 4.79 Å². The Morgan fingerprint density at radius 2 is 1.88 bits per heavy atom. The molecule has 204 valence electrons. The van der Waals surface area contributed by atoms with Crippen LogP contribution in [0.1, 0.15) is 55.6 Å². The summed E-state index contributed by atoms with van der Waals surface area (Å²) in [4.78, 5) is 39.7. The van der Waals surface area contributed by atoms with E-state index in [9.17, 15) is 14.9 Å². The van der Waals surface area contributed by atoms with Crippen LogP contribution in [0, 0.1) is 11.3 Å². The molecular weight excluding hydrogens is 504 g/mol. The highest BCUT2D eigenvalue weighted by Crippen LogP contribution is 2.36. The van der Waals surface area contributed by atoms with Crippen LogP contribution in [0.15, 0.2) is 79.5 Å². The molecule has 1 saturated carbocycles. The summed E-state index contributed by atoms with van der Waals surface area (Å²) < 4.78 is 1.88. The zero-order valence-corrected chi connectivity index (χ0v) is 22.2. The Morgan fingerprint density at radius 1 is 1.05 bits per heavy atom. The van der Waals surface area contributed by atoms with Gasteiger partial charge >= 0.3 is 6.03 Å². The third-order valence-electron chi connectivity index (χ3n) is 7.56. The van der Waals surface area contributed by atoms with Gasteiger partial charge in [0.2, 0.25) is 11.7 Å². The molecule has 2 aliphatic rings. The minimum Gasteiger partial charge on any atom is -0.352 e. The van der Waals surface area contributed by atoms with Crippen molar-refractivity contribution in [3.8, 4) is 6.07 Å². The molecule has 3 amide bonds. The Morgan fingerprint density at radius 3 is 2.58 bits per heavy atom. The van der Waals surface area contributed by atoms with Gasteiger partial charge in [0.25, 0.3) is 0 Å². The molecule has 1 aromatic carbocycles.